The van der Waals surface area contributed by atoms with Crippen LogP contribution in [-0.2, 0) is 14.9 Å². The van der Waals surface area contributed by atoms with Gasteiger partial charge in [-0.15, -0.1) is 0 Å². The third-order valence-corrected chi connectivity index (χ3v) is 8.27. The van der Waals surface area contributed by atoms with Crippen LogP contribution in [0.2, 0.25) is 0 Å². The normalized spacial score (nSPS) is 13.4. The number of fused-ring (bicyclic) bond motifs is 3. The highest BCUT2D eigenvalue weighted by Crippen LogP contribution is 2.53. The summed E-state index contributed by atoms with van der Waals surface area (Å²) >= 11 is 0. The highest BCUT2D eigenvalue weighted by atomic mass is 16.7. The molecule has 0 heterocycles. The Hall–Kier alpha value is -3.85. The van der Waals surface area contributed by atoms with Crippen LogP contribution in [0.25, 0.3) is 33.4 Å². The molecule has 3 nitrogen and oxygen atoms in total. The van der Waals surface area contributed by atoms with E-state index < -0.39 is 11.8 Å². The predicted octanol–water partition coefficient (Wildman–Crippen LogP) is 10.2. The lowest BCUT2D eigenvalue weighted by Crippen LogP contribution is -2.29. The number of hydrogen-bond donors (Lipinski definition) is 0. The number of carbonyl (C=O) groups excluding carboxylic acids is 1. The Labute approximate surface area is 239 Å². The minimum atomic E-state index is -0.573. The number of benzene rings is 4. The van der Waals surface area contributed by atoms with Gasteiger partial charge in [0.2, 0.25) is 0 Å². The Morgan fingerprint density at radius 2 is 1.25 bits per heavy atom. The van der Waals surface area contributed by atoms with Gasteiger partial charge in [0.05, 0.1) is 6.61 Å². The quantitative estimate of drug-likeness (QED) is 0.151. The van der Waals surface area contributed by atoms with Gasteiger partial charge in [-0.3, -0.25) is 0 Å². The lowest BCUT2D eigenvalue weighted by Gasteiger charge is -2.28. The molecule has 0 bridgehead atoms. The third kappa shape index (κ3) is 5.84. The topological polar surface area (TPSA) is 35.5 Å². The van der Waals surface area contributed by atoms with E-state index >= 15 is 0 Å². The van der Waals surface area contributed by atoms with Crippen molar-refractivity contribution < 1.29 is 14.3 Å². The van der Waals surface area contributed by atoms with Crippen molar-refractivity contribution >= 4 is 6.16 Å². The molecule has 0 radical (unpaired) electrons. The van der Waals surface area contributed by atoms with Crippen molar-refractivity contribution in [3.8, 4) is 33.4 Å². The first kappa shape index (κ1) is 27.7. The molecule has 0 aliphatic heterocycles. The van der Waals surface area contributed by atoms with Crippen molar-refractivity contribution in [2.75, 3.05) is 6.61 Å². The first-order valence-corrected chi connectivity index (χ1v) is 14.6. The Kier molecular flexibility index (Phi) is 8.12. The second-order valence-corrected chi connectivity index (χ2v) is 11.8. The van der Waals surface area contributed by atoms with E-state index in [-0.39, 0.29) is 5.41 Å². The molecule has 0 saturated heterocycles. The molecule has 5 rings (SSSR count). The van der Waals surface area contributed by atoms with Gasteiger partial charge in [-0.1, -0.05) is 105 Å². The van der Waals surface area contributed by atoms with Crippen LogP contribution < -0.4 is 0 Å². The molecule has 3 heteroatoms. The van der Waals surface area contributed by atoms with Gasteiger partial charge in [-0.25, -0.2) is 4.79 Å². The molecule has 206 valence electrons. The molecule has 4 aromatic rings. The van der Waals surface area contributed by atoms with Crippen LogP contribution in [-0.4, -0.2) is 18.4 Å². The molecular weight excluding hydrogens is 492 g/mol. The molecule has 0 atom stereocenters. The van der Waals surface area contributed by atoms with Crippen molar-refractivity contribution in [3.63, 3.8) is 0 Å². The smallest absolute Gasteiger partial charge is 0.434 e. The fraction of sp³-hybridized carbons (Fsp3) is 0.324. The molecular formula is C37H40O3. The van der Waals surface area contributed by atoms with Gasteiger partial charge in [0.15, 0.2) is 0 Å². The molecule has 1 aliphatic carbocycles. The van der Waals surface area contributed by atoms with Gasteiger partial charge in [0.25, 0.3) is 0 Å². The molecule has 0 amide bonds. The average Bonchev–Trinajstić information content (AvgIpc) is 3.22. The zero-order valence-electron chi connectivity index (χ0n) is 24.2. The van der Waals surface area contributed by atoms with Crippen LogP contribution in [0, 0.1) is 0 Å². The van der Waals surface area contributed by atoms with E-state index in [1.54, 1.807) is 0 Å². The van der Waals surface area contributed by atoms with Crippen molar-refractivity contribution in [2.24, 2.45) is 0 Å². The molecule has 1 aliphatic rings. The lowest BCUT2D eigenvalue weighted by atomic mass is 9.75. The second-order valence-electron chi connectivity index (χ2n) is 11.8. The maximum absolute atomic E-state index is 12.5. The van der Waals surface area contributed by atoms with E-state index in [2.05, 4.69) is 111 Å². The number of hydrogen-bond acceptors (Lipinski definition) is 3. The van der Waals surface area contributed by atoms with E-state index in [1.807, 2.05) is 13.8 Å². The third-order valence-electron chi connectivity index (χ3n) is 8.27. The zero-order chi connectivity index (χ0) is 28.2. The highest BCUT2D eigenvalue weighted by molar-refractivity contribution is 5.86. The Morgan fingerprint density at radius 3 is 1.75 bits per heavy atom. The van der Waals surface area contributed by atoms with Crippen LogP contribution in [0.5, 0.6) is 0 Å². The standard InChI is InChI=1S/C37H40O3/c1-5-6-22-36(2,3)40-35(38)39-24-13-23-37(4)33-25-29(27-14-9-7-10-15-27)18-20-31(33)32-21-19-30(26-34(32)37)28-16-11-8-12-17-28/h7-12,14-21,25-26H,5-6,13,22-24H2,1-4H3. The van der Waals surface area contributed by atoms with Crippen LogP contribution in [0.15, 0.2) is 97.1 Å². The summed E-state index contributed by atoms with van der Waals surface area (Å²) in [5.41, 5.74) is 9.37. The summed E-state index contributed by atoms with van der Waals surface area (Å²) in [5, 5.41) is 0. The second kappa shape index (κ2) is 11.7. The Morgan fingerprint density at radius 1 is 0.725 bits per heavy atom. The lowest BCUT2D eigenvalue weighted by molar-refractivity contribution is -0.0219. The predicted molar refractivity (Wildman–Crippen MR) is 164 cm³/mol. The van der Waals surface area contributed by atoms with Crippen LogP contribution in [0.3, 0.4) is 0 Å². The summed E-state index contributed by atoms with van der Waals surface area (Å²) in [4.78, 5) is 12.5. The Balaban J connectivity index is 1.41. The summed E-state index contributed by atoms with van der Waals surface area (Å²) in [5.74, 6) is 0. The van der Waals surface area contributed by atoms with E-state index in [4.69, 9.17) is 9.47 Å². The minimum Gasteiger partial charge on any atom is -0.434 e. The van der Waals surface area contributed by atoms with Crippen LogP contribution in [0.4, 0.5) is 4.79 Å². The average molecular weight is 533 g/mol. The number of rotatable bonds is 10. The fourth-order valence-corrected chi connectivity index (χ4v) is 6.00. The molecule has 0 aromatic heterocycles. The van der Waals surface area contributed by atoms with Gasteiger partial charge in [-0.05, 0) is 96.2 Å². The molecule has 0 N–H and O–H groups in total. The Bertz CT molecular complexity index is 1360. The molecule has 0 unspecified atom stereocenters. The summed E-state index contributed by atoms with van der Waals surface area (Å²) in [6, 6.07) is 34.8. The van der Waals surface area contributed by atoms with Gasteiger partial charge in [0, 0.05) is 5.41 Å². The summed E-state index contributed by atoms with van der Waals surface area (Å²) < 4.78 is 11.2. The first-order chi connectivity index (χ1) is 19.3. The minimum absolute atomic E-state index is 0.214. The largest absolute Gasteiger partial charge is 0.508 e. The van der Waals surface area contributed by atoms with Crippen LogP contribution >= 0.6 is 0 Å². The molecule has 40 heavy (non-hydrogen) atoms. The monoisotopic (exact) mass is 532 g/mol. The van der Waals surface area contributed by atoms with Crippen molar-refractivity contribution in [2.45, 2.75) is 70.8 Å². The highest BCUT2D eigenvalue weighted by Gasteiger charge is 2.39. The first-order valence-electron chi connectivity index (χ1n) is 14.6. The molecule has 0 spiro atoms. The maximum Gasteiger partial charge on any atom is 0.508 e. The van der Waals surface area contributed by atoms with Crippen molar-refractivity contribution in [1.82, 2.24) is 0 Å². The number of unbranched alkanes of at least 4 members (excludes halogenated alkanes) is 1. The summed E-state index contributed by atoms with van der Waals surface area (Å²) in [6.07, 6.45) is 3.95. The summed E-state index contributed by atoms with van der Waals surface area (Å²) in [7, 11) is 0. The number of ether oxygens (including phenoxy) is 2. The van der Waals surface area contributed by atoms with E-state index in [9.17, 15) is 4.79 Å². The molecule has 0 fully saturated rings. The van der Waals surface area contributed by atoms with E-state index in [1.165, 1.54) is 44.5 Å². The van der Waals surface area contributed by atoms with E-state index in [0.29, 0.717) is 6.61 Å². The van der Waals surface area contributed by atoms with Gasteiger partial charge < -0.3 is 9.47 Å². The van der Waals surface area contributed by atoms with Crippen molar-refractivity contribution in [1.29, 1.82) is 0 Å². The van der Waals surface area contributed by atoms with Gasteiger partial charge in [-0.2, -0.15) is 0 Å². The maximum atomic E-state index is 12.5. The van der Waals surface area contributed by atoms with Gasteiger partial charge >= 0.3 is 6.16 Å². The molecule has 4 aromatic carbocycles. The van der Waals surface area contributed by atoms with E-state index in [0.717, 1.165) is 32.1 Å². The number of carbonyl (C=O) groups is 1. The van der Waals surface area contributed by atoms with Gasteiger partial charge in [0.1, 0.15) is 5.60 Å². The van der Waals surface area contributed by atoms with Crippen LogP contribution in [0.1, 0.15) is 70.9 Å². The fourth-order valence-electron chi connectivity index (χ4n) is 6.00. The SMILES string of the molecule is CCCCC(C)(C)OC(=O)OCCCC1(C)c2cc(-c3ccccc3)ccc2-c2ccc(-c3ccccc3)cc21. The zero-order valence-corrected chi connectivity index (χ0v) is 24.2. The van der Waals surface area contributed by atoms with Crippen molar-refractivity contribution in [3.05, 3.63) is 108 Å². The summed E-state index contributed by atoms with van der Waals surface area (Å²) in [6.45, 7) is 8.71. The molecule has 0 saturated carbocycles.